The van der Waals surface area contributed by atoms with E-state index in [0.29, 0.717) is 5.41 Å². The Balaban J connectivity index is 1.53. The van der Waals surface area contributed by atoms with Gasteiger partial charge >= 0.3 is 0 Å². The zero-order valence-corrected chi connectivity index (χ0v) is 12.6. The summed E-state index contributed by atoms with van der Waals surface area (Å²) in [6, 6.07) is 0.841. The molecule has 3 atom stereocenters. The maximum atomic E-state index is 4.74. The first-order valence-corrected chi connectivity index (χ1v) is 8.76. The normalized spacial score (nSPS) is 37.1. The molecule has 2 nitrogen and oxygen atoms in total. The fourth-order valence-electron chi connectivity index (χ4n) is 4.54. The Hall–Kier alpha value is -0.410. The number of hydrogen-bond acceptors (Lipinski definition) is 3. The molecule has 3 aliphatic carbocycles. The van der Waals surface area contributed by atoms with Crippen LogP contribution in [0.2, 0.25) is 0 Å². The number of rotatable bonds is 5. The Morgan fingerprint density at radius 2 is 2.26 bits per heavy atom. The number of thiazole rings is 1. The van der Waals surface area contributed by atoms with Crippen LogP contribution in [0.4, 0.5) is 0 Å². The van der Waals surface area contributed by atoms with Gasteiger partial charge in [-0.15, -0.1) is 11.3 Å². The van der Waals surface area contributed by atoms with E-state index in [1.165, 1.54) is 62.2 Å². The second-order valence-corrected chi connectivity index (χ2v) is 8.19. The van der Waals surface area contributed by atoms with E-state index in [-0.39, 0.29) is 0 Å². The van der Waals surface area contributed by atoms with E-state index in [9.17, 15) is 0 Å². The Morgan fingerprint density at radius 3 is 2.84 bits per heavy atom. The molecular weight excluding hydrogens is 252 g/mol. The van der Waals surface area contributed by atoms with E-state index < -0.39 is 0 Å². The van der Waals surface area contributed by atoms with Gasteiger partial charge in [0.15, 0.2) is 0 Å². The molecule has 0 amide bonds. The van der Waals surface area contributed by atoms with E-state index >= 15 is 0 Å². The fraction of sp³-hybridized carbons (Fsp3) is 0.812. The third kappa shape index (κ3) is 2.36. The smallest absolute Gasteiger partial charge is 0.0897 e. The maximum Gasteiger partial charge on any atom is 0.0897 e. The van der Waals surface area contributed by atoms with Crippen LogP contribution >= 0.6 is 11.3 Å². The van der Waals surface area contributed by atoms with Gasteiger partial charge in [-0.25, -0.2) is 4.98 Å². The summed E-state index contributed by atoms with van der Waals surface area (Å²) < 4.78 is 0. The Morgan fingerprint density at radius 1 is 1.37 bits per heavy atom. The van der Waals surface area contributed by atoms with Gasteiger partial charge in [-0.05, 0) is 62.7 Å². The predicted molar refractivity (Wildman–Crippen MR) is 79.5 cm³/mol. The molecule has 0 aromatic carbocycles. The van der Waals surface area contributed by atoms with Gasteiger partial charge in [0.1, 0.15) is 0 Å². The summed E-state index contributed by atoms with van der Waals surface area (Å²) in [5, 5.41) is 7.34. The van der Waals surface area contributed by atoms with Gasteiger partial charge < -0.3 is 5.32 Å². The molecule has 0 spiro atoms. The molecule has 1 aromatic rings. The third-order valence-corrected chi connectivity index (χ3v) is 6.44. The first kappa shape index (κ1) is 12.3. The number of nitrogens with zero attached hydrogens (tertiary/aromatic N) is 1. The summed E-state index contributed by atoms with van der Waals surface area (Å²) in [6.07, 6.45) is 9.94. The number of aryl methyl sites for hydroxylation is 1. The summed E-state index contributed by atoms with van der Waals surface area (Å²) in [5.41, 5.74) is 1.89. The molecule has 3 unspecified atom stereocenters. The van der Waals surface area contributed by atoms with E-state index in [1.54, 1.807) is 0 Å². The highest BCUT2D eigenvalue weighted by atomic mass is 32.1. The highest BCUT2D eigenvalue weighted by molar-refractivity contribution is 7.09. The van der Waals surface area contributed by atoms with Crippen LogP contribution in [0.25, 0.3) is 0 Å². The van der Waals surface area contributed by atoms with Crippen molar-refractivity contribution in [3.63, 3.8) is 0 Å². The number of fused-ring (bicyclic) bond motifs is 2. The van der Waals surface area contributed by atoms with Crippen molar-refractivity contribution in [1.82, 2.24) is 10.3 Å². The molecule has 0 radical (unpaired) electrons. The van der Waals surface area contributed by atoms with Crippen molar-refractivity contribution in [2.45, 2.75) is 57.9 Å². The first-order chi connectivity index (χ1) is 9.23. The van der Waals surface area contributed by atoms with Gasteiger partial charge in [0.2, 0.25) is 0 Å². The van der Waals surface area contributed by atoms with E-state index in [0.717, 1.165) is 17.9 Å². The quantitative estimate of drug-likeness (QED) is 0.889. The summed E-state index contributed by atoms with van der Waals surface area (Å²) in [4.78, 5) is 4.74. The minimum Gasteiger partial charge on any atom is -0.313 e. The summed E-state index contributed by atoms with van der Waals surface area (Å²) in [5.74, 6) is 1.98. The molecule has 3 saturated carbocycles. The van der Waals surface area contributed by atoms with Crippen LogP contribution in [0.3, 0.4) is 0 Å². The molecule has 3 heteroatoms. The fourth-order valence-corrected chi connectivity index (χ4v) is 5.15. The van der Waals surface area contributed by atoms with E-state index in [2.05, 4.69) is 17.6 Å². The van der Waals surface area contributed by atoms with Gasteiger partial charge in [0.05, 0.1) is 10.7 Å². The second kappa shape index (κ2) is 4.56. The molecular formula is C16H24N2S. The zero-order valence-electron chi connectivity index (χ0n) is 11.8. The minimum absolute atomic E-state index is 0.534. The second-order valence-electron chi connectivity index (χ2n) is 7.13. The maximum absolute atomic E-state index is 4.74. The summed E-state index contributed by atoms with van der Waals surface area (Å²) in [6.45, 7) is 3.37. The third-order valence-electron chi connectivity index (χ3n) is 5.62. The van der Waals surface area contributed by atoms with E-state index in [4.69, 9.17) is 4.98 Å². The highest BCUT2D eigenvalue weighted by Gasteiger charge is 2.51. The van der Waals surface area contributed by atoms with Crippen molar-refractivity contribution < 1.29 is 0 Å². The van der Waals surface area contributed by atoms with Crippen molar-refractivity contribution in [1.29, 1.82) is 0 Å². The SMILES string of the molecule is Cc1nc(CC2(CNC3CC3)CC3CCC2C3)cs1. The van der Waals surface area contributed by atoms with Gasteiger partial charge in [0, 0.05) is 18.0 Å². The Bertz CT molecular complexity index is 465. The van der Waals surface area contributed by atoms with Gasteiger partial charge in [0.25, 0.3) is 0 Å². The molecule has 19 heavy (non-hydrogen) atoms. The minimum atomic E-state index is 0.534. The number of aromatic nitrogens is 1. The van der Waals surface area contributed by atoms with Crippen LogP contribution in [0.1, 0.15) is 49.2 Å². The summed E-state index contributed by atoms with van der Waals surface area (Å²) in [7, 11) is 0. The van der Waals surface area contributed by atoms with Crippen LogP contribution < -0.4 is 5.32 Å². The molecule has 4 rings (SSSR count). The van der Waals surface area contributed by atoms with Crippen LogP contribution in [-0.2, 0) is 6.42 Å². The van der Waals surface area contributed by atoms with Crippen molar-refractivity contribution >= 4 is 11.3 Å². The van der Waals surface area contributed by atoms with Crippen LogP contribution in [0.5, 0.6) is 0 Å². The average Bonchev–Trinajstić information content (AvgIpc) is 2.80. The van der Waals surface area contributed by atoms with E-state index in [1.807, 2.05) is 11.3 Å². The van der Waals surface area contributed by atoms with Crippen LogP contribution in [0.15, 0.2) is 5.38 Å². The predicted octanol–water partition coefficient (Wildman–Crippen LogP) is 3.55. The lowest BCUT2D eigenvalue weighted by Crippen LogP contribution is -2.41. The Labute approximate surface area is 120 Å². The van der Waals surface area contributed by atoms with Gasteiger partial charge in [-0.2, -0.15) is 0 Å². The topological polar surface area (TPSA) is 24.9 Å². The summed E-state index contributed by atoms with van der Waals surface area (Å²) >= 11 is 1.81. The lowest BCUT2D eigenvalue weighted by Gasteiger charge is -2.38. The Kier molecular flexibility index (Phi) is 2.96. The molecule has 104 valence electrons. The van der Waals surface area contributed by atoms with Crippen LogP contribution in [-0.4, -0.2) is 17.6 Å². The molecule has 1 N–H and O–H groups in total. The van der Waals surface area contributed by atoms with Crippen molar-refractivity contribution in [3.05, 3.63) is 16.1 Å². The lowest BCUT2D eigenvalue weighted by molar-refractivity contribution is 0.154. The van der Waals surface area contributed by atoms with Crippen molar-refractivity contribution in [2.75, 3.05) is 6.54 Å². The monoisotopic (exact) mass is 276 g/mol. The standard InChI is InChI=1S/C16H24N2S/c1-11-18-15(9-19-11)8-16(10-17-14-4-5-14)7-12-2-3-13(16)6-12/h9,12-14,17H,2-8,10H2,1H3. The molecule has 3 fully saturated rings. The zero-order chi connectivity index (χ0) is 12.9. The molecule has 0 aliphatic heterocycles. The average molecular weight is 276 g/mol. The molecule has 3 aliphatic rings. The van der Waals surface area contributed by atoms with Crippen molar-refractivity contribution in [3.8, 4) is 0 Å². The van der Waals surface area contributed by atoms with Gasteiger partial charge in [-0.1, -0.05) is 6.42 Å². The molecule has 1 heterocycles. The number of nitrogens with one attached hydrogen (secondary N) is 1. The van der Waals surface area contributed by atoms with Gasteiger partial charge in [-0.3, -0.25) is 0 Å². The first-order valence-electron chi connectivity index (χ1n) is 7.88. The molecule has 1 aromatic heterocycles. The molecule has 2 bridgehead atoms. The van der Waals surface area contributed by atoms with Crippen LogP contribution in [0, 0.1) is 24.2 Å². The lowest BCUT2D eigenvalue weighted by atomic mass is 9.70. The van der Waals surface area contributed by atoms with Crippen molar-refractivity contribution in [2.24, 2.45) is 17.3 Å². The number of hydrogen-bond donors (Lipinski definition) is 1. The largest absolute Gasteiger partial charge is 0.313 e. The highest BCUT2D eigenvalue weighted by Crippen LogP contribution is 2.57. The molecule has 0 saturated heterocycles.